The Kier molecular flexibility index (Phi) is 2.17. The molecule has 0 saturated carbocycles. The summed E-state index contributed by atoms with van der Waals surface area (Å²) in [5.74, 6) is -2.91. The van der Waals surface area contributed by atoms with Gasteiger partial charge in [-0.1, -0.05) is 0 Å². The predicted molar refractivity (Wildman–Crippen MR) is 55.0 cm³/mol. The van der Waals surface area contributed by atoms with Crippen LogP contribution in [0.4, 0.5) is 14.5 Å². The van der Waals surface area contributed by atoms with E-state index in [1.54, 1.807) is 6.92 Å². The molecule has 0 bridgehead atoms. The highest BCUT2D eigenvalue weighted by Crippen LogP contribution is 2.36. The smallest absolute Gasteiger partial charge is 0.287 e. The van der Waals surface area contributed by atoms with Crippen molar-refractivity contribution in [3.63, 3.8) is 0 Å². The lowest BCUT2D eigenvalue weighted by Gasteiger charge is -2.17. The number of pyridine rings is 1. The third-order valence-corrected chi connectivity index (χ3v) is 2.94. The first-order valence-electron chi connectivity index (χ1n) is 5.07. The molecule has 1 aromatic heterocycles. The average molecular weight is 212 g/mol. The number of halogens is 2. The maximum atomic E-state index is 13.2. The summed E-state index contributed by atoms with van der Waals surface area (Å²) >= 11 is 0. The summed E-state index contributed by atoms with van der Waals surface area (Å²) in [5, 5.41) is 0. The number of hydrogen-bond donors (Lipinski definition) is 1. The van der Waals surface area contributed by atoms with E-state index < -0.39 is 5.92 Å². The molecule has 0 atom stereocenters. The van der Waals surface area contributed by atoms with Gasteiger partial charge in [-0.25, -0.2) is 0 Å². The van der Waals surface area contributed by atoms with Gasteiger partial charge >= 0.3 is 0 Å². The zero-order valence-electron chi connectivity index (χ0n) is 8.90. The summed E-state index contributed by atoms with van der Waals surface area (Å²) in [6.45, 7) is 2.48. The molecule has 1 aliphatic rings. The van der Waals surface area contributed by atoms with Crippen molar-refractivity contribution in [2.75, 3.05) is 5.73 Å². The molecular weight excluding hydrogens is 198 g/mol. The fourth-order valence-electron chi connectivity index (χ4n) is 2.14. The summed E-state index contributed by atoms with van der Waals surface area (Å²) in [6, 6.07) is 0. The summed E-state index contributed by atoms with van der Waals surface area (Å²) in [5.41, 5.74) is 8.37. The van der Waals surface area contributed by atoms with Crippen molar-refractivity contribution < 1.29 is 8.78 Å². The zero-order chi connectivity index (χ0) is 11.2. The molecule has 0 amide bonds. The third-order valence-electron chi connectivity index (χ3n) is 2.94. The molecule has 2 rings (SSSR count). The number of aryl methyl sites for hydroxylation is 1. The van der Waals surface area contributed by atoms with Crippen molar-refractivity contribution in [2.24, 2.45) is 0 Å². The van der Waals surface area contributed by atoms with Crippen molar-refractivity contribution in [3.8, 4) is 0 Å². The third kappa shape index (κ3) is 1.58. The molecule has 0 saturated heterocycles. The number of alkyl halides is 2. The molecule has 0 aliphatic heterocycles. The second kappa shape index (κ2) is 3.15. The van der Waals surface area contributed by atoms with Gasteiger partial charge < -0.3 is 5.73 Å². The van der Waals surface area contributed by atoms with Crippen LogP contribution in [0.1, 0.15) is 35.9 Å². The van der Waals surface area contributed by atoms with Gasteiger partial charge in [0.25, 0.3) is 5.92 Å². The van der Waals surface area contributed by atoms with Gasteiger partial charge in [0.15, 0.2) is 0 Å². The number of hydrogen-bond acceptors (Lipinski definition) is 2. The van der Waals surface area contributed by atoms with Gasteiger partial charge in [0.2, 0.25) is 0 Å². The number of aromatic nitrogens is 1. The topological polar surface area (TPSA) is 38.9 Å². The summed E-state index contributed by atoms with van der Waals surface area (Å²) in [4.78, 5) is 4.05. The lowest BCUT2D eigenvalue weighted by atomic mass is 10.0. The van der Waals surface area contributed by atoms with Crippen molar-refractivity contribution in [2.45, 2.75) is 39.0 Å². The quantitative estimate of drug-likeness (QED) is 0.777. The summed E-state index contributed by atoms with van der Waals surface area (Å²) < 4.78 is 26.5. The number of nitrogens with zero attached hydrogens (tertiary/aromatic N) is 1. The van der Waals surface area contributed by atoms with Gasteiger partial charge in [-0.2, -0.15) is 8.78 Å². The first-order valence-corrected chi connectivity index (χ1v) is 5.07. The zero-order valence-corrected chi connectivity index (χ0v) is 8.90. The minimum Gasteiger partial charge on any atom is -0.398 e. The van der Waals surface area contributed by atoms with Gasteiger partial charge in [0.1, 0.15) is 5.69 Å². The maximum Gasteiger partial charge on any atom is 0.287 e. The number of nitrogens with two attached hydrogens (primary N) is 1. The van der Waals surface area contributed by atoms with Crippen LogP contribution in [0.3, 0.4) is 0 Å². The van der Waals surface area contributed by atoms with Crippen LogP contribution in [-0.4, -0.2) is 4.98 Å². The van der Waals surface area contributed by atoms with E-state index in [1.165, 1.54) is 0 Å². The van der Waals surface area contributed by atoms with Crippen molar-refractivity contribution in [1.29, 1.82) is 0 Å². The number of fused-ring (bicyclic) bond motifs is 1. The monoisotopic (exact) mass is 212 g/mol. The van der Waals surface area contributed by atoms with E-state index in [2.05, 4.69) is 4.98 Å². The molecule has 2 nitrogen and oxygen atoms in total. The van der Waals surface area contributed by atoms with Crippen LogP contribution in [0.5, 0.6) is 0 Å². The van der Waals surface area contributed by atoms with Gasteiger partial charge in [0.05, 0.1) is 0 Å². The first-order chi connectivity index (χ1) is 6.91. The molecule has 1 heterocycles. The normalized spacial score (nSPS) is 15.5. The van der Waals surface area contributed by atoms with Crippen LogP contribution in [0.25, 0.3) is 0 Å². The lowest BCUT2D eigenvalue weighted by Crippen LogP contribution is -2.15. The molecule has 0 fully saturated rings. The van der Waals surface area contributed by atoms with E-state index in [0.717, 1.165) is 37.4 Å². The fourth-order valence-corrected chi connectivity index (χ4v) is 2.14. The molecule has 0 unspecified atom stereocenters. The predicted octanol–water partition coefficient (Wildman–Crippen LogP) is 2.57. The SMILES string of the molecule is Cc1c(C(C)(F)F)nc2c(c1N)CCC2. The Bertz CT molecular complexity index is 408. The largest absolute Gasteiger partial charge is 0.398 e. The average Bonchev–Trinajstić information content (AvgIpc) is 2.57. The summed E-state index contributed by atoms with van der Waals surface area (Å²) in [6.07, 6.45) is 2.60. The lowest BCUT2D eigenvalue weighted by molar-refractivity contribution is 0.0119. The van der Waals surface area contributed by atoms with E-state index in [-0.39, 0.29) is 5.69 Å². The second-order valence-corrected chi connectivity index (χ2v) is 4.17. The Balaban J connectivity index is 2.64. The van der Waals surface area contributed by atoms with E-state index >= 15 is 0 Å². The molecule has 1 aliphatic carbocycles. The minimum atomic E-state index is -2.91. The Hall–Kier alpha value is -1.19. The molecule has 1 aromatic rings. The summed E-state index contributed by atoms with van der Waals surface area (Å²) in [7, 11) is 0. The van der Waals surface area contributed by atoms with Crippen molar-refractivity contribution >= 4 is 5.69 Å². The Morgan fingerprint density at radius 2 is 2.00 bits per heavy atom. The van der Waals surface area contributed by atoms with Crippen LogP contribution in [-0.2, 0) is 18.8 Å². The van der Waals surface area contributed by atoms with Crippen molar-refractivity contribution in [3.05, 3.63) is 22.5 Å². The molecular formula is C11H14F2N2. The van der Waals surface area contributed by atoms with Gasteiger partial charge in [-0.15, -0.1) is 0 Å². The van der Waals surface area contributed by atoms with Crippen molar-refractivity contribution in [1.82, 2.24) is 4.98 Å². The van der Waals surface area contributed by atoms with Gasteiger partial charge in [-0.3, -0.25) is 4.98 Å². The molecule has 2 N–H and O–H groups in total. The van der Waals surface area contributed by atoms with Crippen LogP contribution < -0.4 is 5.73 Å². The molecule has 82 valence electrons. The molecule has 15 heavy (non-hydrogen) atoms. The van der Waals surface area contributed by atoms with Crippen LogP contribution in [0, 0.1) is 6.92 Å². The molecule has 0 radical (unpaired) electrons. The van der Waals surface area contributed by atoms with E-state index in [4.69, 9.17) is 5.73 Å². The van der Waals surface area contributed by atoms with E-state index in [9.17, 15) is 8.78 Å². The number of rotatable bonds is 1. The van der Waals surface area contributed by atoms with Gasteiger partial charge in [-0.05, 0) is 37.3 Å². The van der Waals surface area contributed by atoms with E-state index in [0.29, 0.717) is 11.3 Å². The van der Waals surface area contributed by atoms with Crippen LogP contribution in [0.2, 0.25) is 0 Å². The minimum absolute atomic E-state index is 0.166. The highest BCUT2D eigenvalue weighted by molar-refractivity contribution is 5.58. The Morgan fingerprint density at radius 3 is 2.60 bits per heavy atom. The highest BCUT2D eigenvalue weighted by Gasteiger charge is 2.32. The van der Waals surface area contributed by atoms with Crippen LogP contribution in [0.15, 0.2) is 0 Å². The highest BCUT2D eigenvalue weighted by atomic mass is 19.3. The Labute approximate surface area is 87.5 Å². The standard InChI is InChI=1S/C11H14F2N2/c1-6-9(14)7-4-3-5-8(7)15-10(6)11(2,12)13/h3-5H2,1-2H3,(H2,14,15). The molecule has 0 spiro atoms. The Morgan fingerprint density at radius 1 is 1.33 bits per heavy atom. The number of nitrogen functional groups attached to an aromatic ring is 1. The number of anilines is 1. The molecule has 0 aromatic carbocycles. The first kappa shape index (κ1) is 10.3. The molecule has 4 heteroatoms. The maximum absolute atomic E-state index is 13.2. The van der Waals surface area contributed by atoms with E-state index in [1.807, 2.05) is 0 Å². The second-order valence-electron chi connectivity index (χ2n) is 4.17. The van der Waals surface area contributed by atoms with Gasteiger partial charge in [0, 0.05) is 18.3 Å². The van der Waals surface area contributed by atoms with Crippen LogP contribution >= 0.6 is 0 Å². The fraction of sp³-hybridized carbons (Fsp3) is 0.545.